The Labute approximate surface area is 746 Å². The number of carbonyl (C=O) groups is 8. The zero-order valence-corrected chi connectivity index (χ0v) is 71.5. The molecule has 0 saturated carbocycles. The third-order valence-electron chi connectivity index (χ3n) is 24.4. The van der Waals surface area contributed by atoms with Gasteiger partial charge >= 0.3 is 0 Å². The van der Waals surface area contributed by atoms with E-state index in [1.54, 1.807) is 13.8 Å². The molecule has 42 N–H and O–H groups in total. The van der Waals surface area contributed by atoms with Crippen LogP contribution in [0, 0.1) is 0 Å². The van der Waals surface area contributed by atoms with E-state index >= 15 is 24.0 Å². The summed E-state index contributed by atoms with van der Waals surface area (Å²) in [6, 6.07) is 2.16. The number of amides is 8. The van der Waals surface area contributed by atoms with Gasteiger partial charge in [0, 0.05) is 122 Å². The first kappa shape index (κ1) is 93.6. The Hall–Kier alpha value is -12.5. The molecule has 9 aliphatic rings. The molecule has 0 aliphatic carbocycles. The molecule has 3 saturated heterocycles. The standard InChI is InChI=1S/C87H114N24O19/c1-33-46-28-44(93)29-56(126-85-70(103)67(100)65(98)59(31-89)127-85)62(46)47-22-38(12-14-48(47)94)71-81(118)111-76(84(121)104-33)77(129-87-74(105-35(3)112)69(102)66(99)60(32-90)128-87)39-13-17-54(52(114)23-39)125-58-26-41-25-57(78(58)130-86-75(68(101)63(96)34(2)122-86)107-61(115)9-7-5-4-6-8-42(91)30-88)124-53-16-10-36(19-51(53)113)18-50-79(116)108-72(82(119)110-73(41)83(120)109-71)40-20-43(92)27-45(21-40)123-55-24-37(11-15-49(55)95)64(97)80(117)106-50/h10-17,19-29,33-34,42,50,59-60,63-77,85-87,113-114H,4-9,18,30-32,88-103H2,1-3H3,(H,104,121)(H,105,112)(H,106,117)(H,107,115)(H,108,116)(H,109,120)(H,110,119)(H,111,118)/t33?,34?,42?,50-,59?,60-,63-,64?,65-,66?,67?,68?,69+,70?,71?,72+,73-,74?,75-,76?,77?,85+,86?,87?/m1/s1. The average molecular weight is 1800 g/mol. The highest BCUT2D eigenvalue weighted by molar-refractivity contribution is 5.99. The van der Waals surface area contributed by atoms with Crippen LogP contribution < -0.4 is 158 Å². The topological polar surface area (TPSA) is 773 Å². The van der Waals surface area contributed by atoms with Crippen molar-refractivity contribution in [3.8, 4) is 68.6 Å². The van der Waals surface area contributed by atoms with Crippen LogP contribution in [0.4, 0.5) is 22.7 Å². The van der Waals surface area contributed by atoms with Gasteiger partial charge in [-0.2, -0.15) is 0 Å². The summed E-state index contributed by atoms with van der Waals surface area (Å²) in [6.07, 6.45) is -6.99. The second kappa shape index (κ2) is 39.4. The Bertz CT molecular complexity index is 5450. The number of benzene rings is 7. The summed E-state index contributed by atoms with van der Waals surface area (Å²) in [4.78, 5) is 125. The molecular weight excluding hydrogens is 1690 g/mol. The Morgan fingerprint density at radius 3 is 1.75 bits per heavy atom. The molecule has 0 spiro atoms. The number of fused-ring (bicyclic) bond motifs is 14. The van der Waals surface area contributed by atoms with Gasteiger partial charge in [-0.15, -0.1) is 0 Å². The van der Waals surface area contributed by atoms with Gasteiger partial charge in [-0.05, 0) is 144 Å². The molecule has 0 aromatic heterocycles. The number of unbranched alkanes of at least 4 members (excludes halogenated alkanes) is 3. The summed E-state index contributed by atoms with van der Waals surface area (Å²) < 4.78 is 60.4. The minimum Gasteiger partial charge on any atom is -0.504 e. The van der Waals surface area contributed by atoms with Gasteiger partial charge in [0.2, 0.25) is 65.6 Å². The molecule has 0 radical (unpaired) electrons. The number of phenols is 2. The molecule has 43 heteroatoms. The van der Waals surface area contributed by atoms with Crippen molar-refractivity contribution in [3.63, 3.8) is 0 Å². The summed E-state index contributed by atoms with van der Waals surface area (Å²) in [6.45, 7) is 4.27. The Morgan fingerprint density at radius 2 is 1.08 bits per heavy atom. The van der Waals surface area contributed by atoms with E-state index in [0.717, 1.165) is 18.9 Å². The molecule has 8 amide bonds. The molecule has 9 aliphatic heterocycles. The van der Waals surface area contributed by atoms with Crippen molar-refractivity contribution in [2.24, 2.45) is 68.8 Å². The Morgan fingerprint density at radius 1 is 0.500 bits per heavy atom. The lowest BCUT2D eigenvalue weighted by Crippen LogP contribution is -2.70. The average Bonchev–Trinajstić information content (AvgIpc) is 0.751. The zero-order chi connectivity index (χ0) is 93.3. The monoisotopic (exact) mass is 1800 g/mol. The van der Waals surface area contributed by atoms with Gasteiger partial charge in [-0.25, -0.2) is 0 Å². The van der Waals surface area contributed by atoms with Crippen LogP contribution >= 0.6 is 0 Å². The summed E-state index contributed by atoms with van der Waals surface area (Å²) in [7, 11) is 0. The predicted octanol–water partition coefficient (Wildman–Crippen LogP) is -2.08. The van der Waals surface area contributed by atoms with Crippen LogP contribution in [0.1, 0.15) is 135 Å². The fraction of sp³-hybridized carbons (Fsp3) is 0.425. The van der Waals surface area contributed by atoms with Gasteiger partial charge in [0.25, 0.3) is 0 Å². The molecule has 7 aromatic rings. The summed E-state index contributed by atoms with van der Waals surface area (Å²) in [5.41, 5.74) is 105. The first-order chi connectivity index (χ1) is 62.0. The van der Waals surface area contributed by atoms with E-state index in [4.69, 9.17) is 134 Å². The Kier molecular flexibility index (Phi) is 28.4. The van der Waals surface area contributed by atoms with E-state index in [1.807, 2.05) is 0 Å². The van der Waals surface area contributed by atoms with E-state index < -0.39 is 228 Å². The van der Waals surface area contributed by atoms with Crippen molar-refractivity contribution in [3.05, 3.63) is 154 Å². The number of ether oxygens (including phenoxy) is 9. The first-order valence-corrected chi connectivity index (χ1v) is 42.7. The number of anilines is 4. The number of nitrogen functional groups attached to an aromatic ring is 4. The molecule has 17 bridgehead atoms. The normalized spacial score (nSPS) is 29.4. The van der Waals surface area contributed by atoms with Gasteiger partial charge in [0.15, 0.2) is 46.5 Å². The van der Waals surface area contributed by atoms with Crippen LogP contribution in [0.2, 0.25) is 0 Å². The molecule has 24 atom stereocenters. The van der Waals surface area contributed by atoms with Gasteiger partial charge in [-0.1, -0.05) is 43.5 Å². The van der Waals surface area contributed by atoms with Crippen LogP contribution in [0.15, 0.2) is 115 Å². The molecule has 43 nitrogen and oxygen atoms in total. The smallest absolute Gasteiger partial charge is 0.248 e. The van der Waals surface area contributed by atoms with Crippen molar-refractivity contribution in [1.29, 1.82) is 0 Å². The quantitative estimate of drug-likeness (QED) is 0.0324. The number of carbonyl (C=O) groups excluding carboxylic acids is 8. The van der Waals surface area contributed by atoms with E-state index in [1.165, 1.54) is 116 Å². The molecule has 15 unspecified atom stereocenters. The van der Waals surface area contributed by atoms with Crippen molar-refractivity contribution in [2.75, 3.05) is 42.6 Å². The van der Waals surface area contributed by atoms with Gasteiger partial charge in [-0.3, -0.25) is 38.4 Å². The predicted molar refractivity (Wildman–Crippen MR) is 474 cm³/mol. The number of phenolic OH excluding ortho intramolecular Hbond substituents is 2. The van der Waals surface area contributed by atoms with Crippen LogP contribution in [-0.2, 0) is 63.7 Å². The third kappa shape index (κ3) is 20.1. The van der Waals surface area contributed by atoms with Crippen LogP contribution in [0.25, 0.3) is 11.1 Å². The highest BCUT2D eigenvalue weighted by Crippen LogP contribution is 2.51. The second-order valence-corrected chi connectivity index (χ2v) is 33.8. The van der Waals surface area contributed by atoms with Gasteiger partial charge in [0.05, 0.1) is 42.1 Å². The largest absolute Gasteiger partial charge is 0.504 e. The fourth-order valence-electron chi connectivity index (χ4n) is 17.0. The van der Waals surface area contributed by atoms with Crippen molar-refractivity contribution in [2.45, 2.75) is 212 Å². The third-order valence-corrected chi connectivity index (χ3v) is 24.4. The lowest BCUT2D eigenvalue weighted by molar-refractivity contribution is -0.238. The van der Waals surface area contributed by atoms with Crippen molar-refractivity contribution >= 4 is 70.0 Å². The highest BCUT2D eigenvalue weighted by atomic mass is 16.7. The zero-order valence-electron chi connectivity index (χ0n) is 71.5. The van der Waals surface area contributed by atoms with E-state index in [2.05, 4.69) is 42.5 Å². The molecule has 696 valence electrons. The molecule has 7 aromatic carbocycles. The minimum absolute atomic E-state index is 0.00645. The van der Waals surface area contributed by atoms with E-state index in [-0.39, 0.29) is 121 Å². The van der Waals surface area contributed by atoms with Crippen LogP contribution in [0.3, 0.4) is 0 Å². The number of nitrogens with one attached hydrogen (secondary N) is 8. The number of nitrogens with two attached hydrogens (primary N) is 16. The molecule has 9 heterocycles. The molecule has 16 rings (SSSR count). The lowest BCUT2D eigenvalue weighted by atomic mass is 9.89. The fourth-order valence-corrected chi connectivity index (χ4v) is 17.0. The van der Waals surface area contributed by atoms with Gasteiger partial charge < -0.3 is 187 Å². The summed E-state index contributed by atoms with van der Waals surface area (Å²) in [5, 5.41) is 48.1. The Balaban J connectivity index is 1.02. The van der Waals surface area contributed by atoms with E-state index in [0.29, 0.717) is 25.8 Å². The summed E-state index contributed by atoms with van der Waals surface area (Å²) >= 11 is 0. The maximum atomic E-state index is 17.1. The number of hydrogen-bond donors (Lipinski definition) is 26. The summed E-state index contributed by atoms with van der Waals surface area (Å²) in [5.74, 6) is -12.1. The molecule has 3 fully saturated rings. The molecule has 130 heavy (non-hydrogen) atoms. The highest BCUT2D eigenvalue weighted by Gasteiger charge is 2.50. The van der Waals surface area contributed by atoms with Crippen LogP contribution in [-0.4, -0.2) is 187 Å². The second-order valence-electron chi connectivity index (χ2n) is 33.8. The maximum Gasteiger partial charge on any atom is 0.248 e. The number of hydrogen-bond acceptors (Lipinski definition) is 35. The number of aromatic hydroxyl groups is 2. The van der Waals surface area contributed by atoms with Gasteiger partial charge in [0.1, 0.15) is 59.9 Å². The lowest BCUT2D eigenvalue weighted by Gasteiger charge is -2.45. The number of rotatable bonds is 18. The first-order valence-electron chi connectivity index (χ1n) is 42.7. The molecular formula is C87H114N24O19. The van der Waals surface area contributed by atoms with E-state index in [9.17, 15) is 24.6 Å². The SMILES string of the molecule is CC(=O)NC1C(OC2c3ccc(c(O)c3)Oc3cc4cc(c3OC3OC(C)[C@@H](N)C(N)[C@H]3NC(=O)CCCCCCC(N)CN)Oc3ccc(cc3O)C[C@H]3NC(=O)C(N)c5ccc(N)c(c5)Oc5cc(N)cc(c5)[C@H](NC3=O)C(=O)N[C@H]4C(=O)NC3C(=O)NC2C(=O)NC(C)c2cc(N)cc(O[C@H]4OC(CN)[C@@H](N)C(N)C4N)c2-c2cc3ccc2N)O[C@H](CN)C(N)[C@@H]1N. The van der Waals surface area contributed by atoms with Crippen molar-refractivity contribution in [1.82, 2.24) is 42.5 Å². The van der Waals surface area contributed by atoms with Crippen molar-refractivity contribution < 1.29 is 91.2 Å². The maximum absolute atomic E-state index is 17.1. The van der Waals surface area contributed by atoms with Crippen LogP contribution in [0.5, 0.6) is 57.5 Å². The minimum atomic E-state index is -2.29.